The smallest absolute Gasteiger partial charge is 0.323 e. The van der Waals surface area contributed by atoms with Crippen LogP contribution in [-0.4, -0.2) is 31.4 Å². The van der Waals surface area contributed by atoms with Crippen molar-refractivity contribution < 1.29 is 9.53 Å². The van der Waals surface area contributed by atoms with E-state index < -0.39 is 0 Å². The lowest BCUT2D eigenvalue weighted by atomic mass is 10.3. The number of likely N-dealkylation sites (N-methyl/N-ethyl adjacent to an activating group) is 1. The van der Waals surface area contributed by atoms with Crippen LogP contribution in [0.25, 0.3) is 0 Å². The fourth-order valence-corrected chi connectivity index (χ4v) is 2.92. The van der Waals surface area contributed by atoms with Crippen LogP contribution in [0.3, 0.4) is 0 Å². The van der Waals surface area contributed by atoms with Gasteiger partial charge < -0.3 is 10.1 Å². The molecule has 0 aliphatic rings. The van der Waals surface area contributed by atoms with E-state index in [2.05, 4.69) is 5.32 Å². The van der Waals surface area contributed by atoms with Crippen LogP contribution < -0.4 is 5.32 Å². The molecule has 0 fully saturated rings. The molecule has 1 atom stereocenters. The third-order valence-electron chi connectivity index (χ3n) is 1.81. The van der Waals surface area contributed by atoms with E-state index >= 15 is 0 Å². The first-order valence-corrected chi connectivity index (χ1v) is 6.64. The van der Waals surface area contributed by atoms with Gasteiger partial charge in [0.2, 0.25) is 0 Å². The predicted molar refractivity (Wildman–Crippen MR) is 64.5 cm³/mol. The number of rotatable bonds is 6. The summed E-state index contributed by atoms with van der Waals surface area (Å²) in [5.74, 6) is 0.527. The van der Waals surface area contributed by atoms with Gasteiger partial charge in [0.1, 0.15) is 6.04 Å². The maximum absolute atomic E-state index is 11.4. The Morgan fingerprint density at radius 3 is 3.07 bits per heavy atom. The first-order valence-electron chi connectivity index (χ1n) is 4.78. The summed E-state index contributed by atoms with van der Waals surface area (Å²) >= 11 is 3.35. The molecule has 0 aliphatic carbocycles. The summed E-state index contributed by atoms with van der Waals surface area (Å²) in [5, 5.41) is 4.99. The molecule has 5 heteroatoms. The van der Waals surface area contributed by atoms with Crippen molar-refractivity contribution in [2.24, 2.45) is 0 Å². The van der Waals surface area contributed by atoms with Gasteiger partial charge in [-0.3, -0.25) is 4.79 Å². The fourth-order valence-electron chi connectivity index (χ4n) is 1.02. The van der Waals surface area contributed by atoms with Crippen molar-refractivity contribution in [3.63, 3.8) is 0 Å². The molecule has 1 aromatic rings. The number of carbonyl (C=O) groups excluding carboxylic acids is 1. The second-order valence-corrected chi connectivity index (χ2v) is 5.10. The van der Waals surface area contributed by atoms with E-state index in [0.717, 1.165) is 0 Å². The van der Waals surface area contributed by atoms with Crippen LogP contribution in [-0.2, 0) is 9.53 Å². The highest BCUT2D eigenvalue weighted by Crippen LogP contribution is 2.23. The number of nitrogens with one attached hydrogen (secondary N) is 1. The van der Waals surface area contributed by atoms with E-state index in [-0.39, 0.29) is 12.0 Å². The highest BCUT2D eigenvalue weighted by atomic mass is 32.2. The molecule has 84 valence electrons. The zero-order valence-corrected chi connectivity index (χ0v) is 10.5. The highest BCUT2D eigenvalue weighted by molar-refractivity contribution is 8.01. The first-order chi connectivity index (χ1) is 7.27. The van der Waals surface area contributed by atoms with E-state index in [1.165, 1.54) is 4.21 Å². The van der Waals surface area contributed by atoms with E-state index in [1.807, 2.05) is 24.4 Å². The Balaban J connectivity index is 2.37. The molecule has 1 heterocycles. The van der Waals surface area contributed by atoms with Crippen LogP contribution >= 0.6 is 23.1 Å². The van der Waals surface area contributed by atoms with E-state index in [1.54, 1.807) is 30.1 Å². The number of thioether (sulfide) groups is 1. The molecule has 15 heavy (non-hydrogen) atoms. The maximum Gasteiger partial charge on any atom is 0.323 e. The van der Waals surface area contributed by atoms with E-state index in [0.29, 0.717) is 12.4 Å². The number of esters is 1. The Hall–Kier alpha value is -0.520. The fraction of sp³-hybridized carbons (Fsp3) is 0.500. The predicted octanol–water partition coefficient (Wildman–Crippen LogP) is 1.99. The molecule has 0 aliphatic heterocycles. The number of thiophene rings is 1. The second-order valence-electron chi connectivity index (χ2n) is 2.84. The Labute approximate surface area is 98.2 Å². The third kappa shape index (κ3) is 4.24. The quantitative estimate of drug-likeness (QED) is 0.614. The van der Waals surface area contributed by atoms with Gasteiger partial charge in [0.05, 0.1) is 10.8 Å². The van der Waals surface area contributed by atoms with Crippen molar-refractivity contribution >= 4 is 29.1 Å². The maximum atomic E-state index is 11.4. The molecule has 0 spiro atoms. The van der Waals surface area contributed by atoms with Gasteiger partial charge in [0.25, 0.3) is 0 Å². The number of carbonyl (C=O) groups is 1. The standard InChI is InChI=1S/C10H15NO2S2/c1-3-13-10(12)8(11-2)7-15-9-5-4-6-14-9/h4-6,8,11H,3,7H2,1-2H3. The summed E-state index contributed by atoms with van der Waals surface area (Å²) in [6.07, 6.45) is 0. The molecule has 1 rings (SSSR count). The molecule has 1 unspecified atom stereocenters. The van der Waals surface area contributed by atoms with Crippen LogP contribution in [0.15, 0.2) is 21.7 Å². The Morgan fingerprint density at radius 2 is 2.53 bits per heavy atom. The van der Waals surface area contributed by atoms with Gasteiger partial charge in [-0.2, -0.15) is 0 Å². The number of hydrogen-bond donors (Lipinski definition) is 1. The van der Waals surface area contributed by atoms with Crippen LogP contribution in [0.1, 0.15) is 6.92 Å². The van der Waals surface area contributed by atoms with Crippen LogP contribution in [0.5, 0.6) is 0 Å². The van der Waals surface area contributed by atoms with Gasteiger partial charge in [-0.05, 0) is 25.4 Å². The Bertz CT molecular complexity index is 288. The summed E-state index contributed by atoms with van der Waals surface area (Å²) in [7, 11) is 1.77. The molecule has 0 aromatic carbocycles. The SMILES string of the molecule is CCOC(=O)C(CSc1cccs1)NC. The van der Waals surface area contributed by atoms with E-state index in [4.69, 9.17) is 4.74 Å². The summed E-state index contributed by atoms with van der Waals surface area (Å²) in [5.41, 5.74) is 0. The molecular weight excluding hydrogens is 230 g/mol. The zero-order chi connectivity index (χ0) is 11.1. The normalized spacial score (nSPS) is 12.4. The van der Waals surface area contributed by atoms with Crippen LogP contribution in [0.4, 0.5) is 0 Å². The molecule has 1 N–H and O–H groups in total. The summed E-state index contributed by atoms with van der Waals surface area (Å²) in [6, 6.07) is 3.83. The van der Waals surface area contributed by atoms with Gasteiger partial charge in [0, 0.05) is 5.75 Å². The molecule has 0 radical (unpaired) electrons. The Kier molecular flexibility index (Phi) is 5.75. The van der Waals surface area contributed by atoms with Gasteiger partial charge >= 0.3 is 5.97 Å². The third-order valence-corrected chi connectivity index (χ3v) is 4.03. The van der Waals surface area contributed by atoms with Crippen molar-refractivity contribution in [3.8, 4) is 0 Å². The zero-order valence-electron chi connectivity index (χ0n) is 8.86. The topological polar surface area (TPSA) is 38.3 Å². The minimum atomic E-state index is -0.225. The first kappa shape index (κ1) is 12.5. The van der Waals surface area contributed by atoms with Gasteiger partial charge in [-0.25, -0.2) is 0 Å². The minimum Gasteiger partial charge on any atom is -0.465 e. The lowest BCUT2D eigenvalue weighted by Crippen LogP contribution is -2.37. The average Bonchev–Trinajstić information content (AvgIpc) is 2.72. The summed E-state index contributed by atoms with van der Waals surface area (Å²) < 4.78 is 6.18. The van der Waals surface area contributed by atoms with Gasteiger partial charge in [-0.1, -0.05) is 6.07 Å². The van der Waals surface area contributed by atoms with Crippen molar-refractivity contribution in [2.75, 3.05) is 19.4 Å². The van der Waals surface area contributed by atoms with E-state index in [9.17, 15) is 4.79 Å². The lowest BCUT2D eigenvalue weighted by Gasteiger charge is -2.13. The molecule has 0 saturated carbocycles. The van der Waals surface area contributed by atoms with Crippen LogP contribution in [0, 0.1) is 0 Å². The second kappa shape index (κ2) is 6.87. The average molecular weight is 245 g/mol. The molecular formula is C10H15NO2S2. The number of hydrogen-bond acceptors (Lipinski definition) is 5. The molecule has 0 amide bonds. The lowest BCUT2D eigenvalue weighted by molar-refractivity contribution is -0.144. The highest BCUT2D eigenvalue weighted by Gasteiger charge is 2.17. The monoisotopic (exact) mass is 245 g/mol. The summed E-state index contributed by atoms with van der Waals surface area (Å²) in [4.78, 5) is 11.4. The molecule has 1 aromatic heterocycles. The van der Waals surface area contributed by atoms with Gasteiger partial charge in [0.15, 0.2) is 0 Å². The van der Waals surface area contributed by atoms with Crippen molar-refractivity contribution in [1.29, 1.82) is 0 Å². The Morgan fingerprint density at radius 1 is 1.73 bits per heavy atom. The van der Waals surface area contributed by atoms with Crippen molar-refractivity contribution in [3.05, 3.63) is 17.5 Å². The minimum absolute atomic E-state index is 0.177. The van der Waals surface area contributed by atoms with Crippen LogP contribution in [0.2, 0.25) is 0 Å². The number of ether oxygens (including phenoxy) is 1. The molecule has 0 saturated heterocycles. The van der Waals surface area contributed by atoms with Crippen molar-refractivity contribution in [1.82, 2.24) is 5.32 Å². The largest absolute Gasteiger partial charge is 0.465 e. The molecule has 0 bridgehead atoms. The van der Waals surface area contributed by atoms with Gasteiger partial charge in [-0.15, -0.1) is 23.1 Å². The van der Waals surface area contributed by atoms with Crippen molar-refractivity contribution in [2.45, 2.75) is 17.2 Å². The molecule has 3 nitrogen and oxygen atoms in total. The summed E-state index contributed by atoms with van der Waals surface area (Å²) in [6.45, 7) is 2.25.